The lowest BCUT2D eigenvalue weighted by Crippen LogP contribution is -2.12. The van der Waals surface area contributed by atoms with Crippen molar-refractivity contribution in [1.29, 1.82) is 0 Å². The number of carbonyl (C=O) groups is 1. The molecule has 3 aromatic rings. The Kier molecular flexibility index (Phi) is 4.67. The maximum Gasteiger partial charge on any atom is 0.257 e. The molecule has 0 unspecified atom stereocenters. The number of rotatable bonds is 5. The molecule has 2 heterocycles. The number of amides is 1. The molecule has 0 saturated carbocycles. The van der Waals surface area contributed by atoms with Gasteiger partial charge >= 0.3 is 0 Å². The summed E-state index contributed by atoms with van der Waals surface area (Å²) in [6.45, 7) is 0. The van der Waals surface area contributed by atoms with Crippen LogP contribution in [0.4, 0.5) is 17.2 Å². The summed E-state index contributed by atoms with van der Waals surface area (Å²) in [5, 5.41) is 5.95. The third-order valence-corrected chi connectivity index (χ3v) is 3.31. The fourth-order valence-electron chi connectivity index (χ4n) is 2.13. The molecule has 0 aliphatic carbocycles. The van der Waals surface area contributed by atoms with Crippen LogP contribution < -0.4 is 15.4 Å². The van der Waals surface area contributed by atoms with E-state index in [9.17, 15) is 4.79 Å². The third kappa shape index (κ3) is 3.67. The van der Waals surface area contributed by atoms with Crippen LogP contribution >= 0.6 is 0 Å². The van der Waals surface area contributed by atoms with E-state index >= 15 is 0 Å². The molecule has 0 fully saturated rings. The highest BCUT2D eigenvalue weighted by atomic mass is 16.5. The maximum absolute atomic E-state index is 12.1. The largest absolute Gasteiger partial charge is 0.495 e. The van der Waals surface area contributed by atoms with Crippen LogP contribution in [0.15, 0.2) is 67.1 Å². The van der Waals surface area contributed by atoms with Crippen molar-refractivity contribution < 1.29 is 9.53 Å². The zero-order chi connectivity index (χ0) is 16.8. The lowest BCUT2D eigenvalue weighted by atomic mass is 10.2. The van der Waals surface area contributed by atoms with Crippen LogP contribution in [0.1, 0.15) is 10.4 Å². The Morgan fingerprint density at radius 1 is 1.04 bits per heavy atom. The van der Waals surface area contributed by atoms with Gasteiger partial charge in [-0.1, -0.05) is 12.1 Å². The molecular formula is C18H16N4O2. The van der Waals surface area contributed by atoms with Crippen LogP contribution in [0.2, 0.25) is 0 Å². The monoisotopic (exact) mass is 320 g/mol. The first-order valence-corrected chi connectivity index (χ1v) is 7.34. The average molecular weight is 320 g/mol. The summed E-state index contributed by atoms with van der Waals surface area (Å²) >= 11 is 0. The molecule has 120 valence electrons. The Bertz CT molecular complexity index is 820. The number of aromatic nitrogens is 2. The number of anilines is 3. The van der Waals surface area contributed by atoms with Crippen LogP contribution in [0.3, 0.4) is 0 Å². The lowest BCUT2D eigenvalue weighted by molar-refractivity contribution is 0.102. The summed E-state index contributed by atoms with van der Waals surface area (Å²) in [4.78, 5) is 20.3. The smallest absolute Gasteiger partial charge is 0.257 e. The third-order valence-electron chi connectivity index (χ3n) is 3.31. The van der Waals surface area contributed by atoms with Gasteiger partial charge in [-0.25, -0.2) is 4.98 Å². The van der Waals surface area contributed by atoms with Gasteiger partial charge in [0, 0.05) is 12.4 Å². The van der Waals surface area contributed by atoms with Gasteiger partial charge in [-0.15, -0.1) is 0 Å². The topological polar surface area (TPSA) is 76.1 Å². The number of carbonyl (C=O) groups excluding carboxylic acids is 1. The van der Waals surface area contributed by atoms with Gasteiger partial charge in [-0.2, -0.15) is 0 Å². The van der Waals surface area contributed by atoms with E-state index in [4.69, 9.17) is 4.74 Å². The Hall–Kier alpha value is -3.41. The summed E-state index contributed by atoms with van der Waals surface area (Å²) in [6, 6.07) is 14.6. The minimum absolute atomic E-state index is 0.227. The Labute approximate surface area is 139 Å². The van der Waals surface area contributed by atoms with E-state index in [1.807, 2.05) is 24.3 Å². The molecule has 2 aromatic heterocycles. The molecule has 0 spiro atoms. The van der Waals surface area contributed by atoms with Gasteiger partial charge in [-0.3, -0.25) is 9.78 Å². The van der Waals surface area contributed by atoms with Crippen LogP contribution in [0.25, 0.3) is 0 Å². The number of benzene rings is 1. The number of hydrogen-bond donors (Lipinski definition) is 2. The zero-order valence-electron chi connectivity index (χ0n) is 13.1. The Balaban J connectivity index is 1.68. The summed E-state index contributed by atoms with van der Waals surface area (Å²) in [7, 11) is 1.62. The zero-order valence-corrected chi connectivity index (χ0v) is 13.1. The minimum Gasteiger partial charge on any atom is -0.495 e. The predicted octanol–water partition coefficient (Wildman–Crippen LogP) is 3.48. The van der Waals surface area contributed by atoms with E-state index in [1.165, 1.54) is 6.20 Å². The molecule has 6 nitrogen and oxygen atoms in total. The van der Waals surface area contributed by atoms with Gasteiger partial charge in [0.05, 0.1) is 30.2 Å². The predicted molar refractivity (Wildman–Crippen MR) is 92.7 cm³/mol. The Morgan fingerprint density at radius 3 is 2.62 bits per heavy atom. The van der Waals surface area contributed by atoms with Crippen molar-refractivity contribution >= 4 is 23.1 Å². The molecule has 0 bridgehead atoms. The van der Waals surface area contributed by atoms with Crippen molar-refractivity contribution in [1.82, 2.24) is 9.97 Å². The van der Waals surface area contributed by atoms with E-state index in [2.05, 4.69) is 20.6 Å². The summed E-state index contributed by atoms with van der Waals surface area (Å²) in [5.74, 6) is 1.16. The van der Waals surface area contributed by atoms with Crippen molar-refractivity contribution in [2.24, 2.45) is 0 Å². The first-order chi connectivity index (χ1) is 11.8. The highest BCUT2D eigenvalue weighted by molar-refractivity contribution is 6.03. The summed E-state index contributed by atoms with van der Waals surface area (Å²) in [6.07, 6.45) is 4.73. The number of hydrogen-bond acceptors (Lipinski definition) is 5. The van der Waals surface area contributed by atoms with Crippen LogP contribution in [-0.2, 0) is 0 Å². The SMILES string of the molecule is COc1ccccc1Nc1ccc(NC(=O)c2cccnc2)cn1. The summed E-state index contributed by atoms with van der Waals surface area (Å²) < 4.78 is 5.29. The first kappa shape index (κ1) is 15.5. The highest BCUT2D eigenvalue weighted by Gasteiger charge is 2.07. The molecule has 1 amide bonds. The maximum atomic E-state index is 12.1. The Morgan fingerprint density at radius 2 is 1.92 bits per heavy atom. The molecular weight excluding hydrogens is 304 g/mol. The van der Waals surface area contributed by atoms with Crippen LogP contribution in [0.5, 0.6) is 5.75 Å². The molecule has 24 heavy (non-hydrogen) atoms. The van der Waals surface area contributed by atoms with Gasteiger partial charge < -0.3 is 15.4 Å². The summed E-state index contributed by atoms with van der Waals surface area (Å²) in [5.41, 5.74) is 1.92. The van der Waals surface area contributed by atoms with Crippen LogP contribution in [0, 0.1) is 0 Å². The average Bonchev–Trinajstić information content (AvgIpc) is 2.64. The number of nitrogens with one attached hydrogen (secondary N) is 2. The van der Waals surface area contributed by atoms with E-state index < -0.39 is 0 Å². The van der Waals surface area contributed by atoms with Crippen molar-refractivity contribution in [3.63, 3.8) is 0 Å². The molecule has 0 radical (unpaired) electrons. The van der Waals surface area contributed by atoms with Gasteiger partial charge in [0.15, 0.2) is 0 Å². The van der Waals surface area contributed by atoms with Crippen molar-refractivity contribution in [2.45, 2.75) is 0 Å². The van der Waals surface area contributed by atoms with Crippen LogP contribution in [-0.4, -0.2) is 23.0 Å². The molecule has 3 rings (SSSR count). The number of para-hydroxylation sites is 2. The molecule has 0 saturated heterocycles. The van der Waals surface area contributed by atoms with Gasteiger partial charge in [0.1, 0.15) is 11.6 Å². The number of pyridine rings is 2. The molecule has 0 aliphatic rings. The number of nitrogens with zero attached hydrogens (tertiary/aromatic N) is 2. The first-order valence-electron chi connectivity index (χ1n) is 7.34. The molecule has 0 atom stereocenters. The minimum atomic E-state index is -0.227. The fraction of sp³-hybridized carbons (Fsp3) is 0.0556. The van der Waals surface area contributed by atoms with E-state index in [0.29, 0.717) is 17.1 Å². The molecule has 2 N–H and O–H groups in total. The van der Waals surface area contributed by atoms with Crippen molar-refractivity contribution in [3.8, 4) is 5.75 Å². The van der Waals surface area contributed by atoms with Gasteiger partial charge in [-0.05, 0) is 36.4 Å². The fourth-order valence-corrected chi connectivity index (χ4v) is 2.13. The molecule has 0 aliphatic heterocycles. The van der Waals surface area contributed by atoms with E-state index in [1.54, 1.807) is 43.8 Å². The molecule has 6 heteroatoms. The van der Waals surface area contributed by atoms with E-state index in [0.717, 1.165) is 11.4 Å². The standard InChI is InChI=1S/C18H16N4O2/c1-24-16-7-3-2-6-15(16)22-17-9-8-14(12-20-17)21-18(23)13-5-4-10-19-11-13/h2-12H,1H3,(H,20,22)(H,21,23). The van der Waals surface area contributed by atoms with E-state index in [-0.39, 0.29) is 5.91 Å². The highest BCUT2D eigenvalue weighted by Crippen LogP contribution is 2.26. The second-order valence-corrected chi connectivity index (χ2v) is 4.95. The number of ether oxygens (including phenoxy) is 1. The second-order valence-electron chi connectivity index (χ2n) is 4.95. The number of methoxy groups -OCH3 is 1. The lowest BCUT2D eigenvalue weighted by Gasteiger charge is -2.11. The second kappa shape index (κ2) is 7.23. The van der Waals surface area contributed by atoms with Gasteiger partial charge in [0.25, 0.3) is 5.91 Å². The van der Waals surface area contributed by atoms with Crippen molar-refractivity contribution in [2.75, 3.05) is 17.7 Å². The molecule has 1 aromatic carbocycles. The van der Waals surface area contributed by atoms with Crippen molar-refractivity contribution in [3.05, 3.63) is 72.7 Å². The quantitative estimate of drug-likeness (QED) is 0.752. The normalized spacial score (nSPS) is 10.0. The van der Waals surface area contributed by atoms with Gasteiger partial charge in [0.2, 0.25) is 0 Å².